The summed E-state index contributed by atoms with van der Waals surface area (Å²) in [6.07, 6.45) is 1.08. The molecule has 0 atom stereocenters. The first-order chi connectivity index (χ1) is 13.8. The third-order valence-corrected chi connectivity index (χ3v) is 8.25. The highest BCUT2D eigenvalue weighted by molar-refractivity contribution is 7.90. The monoisotopic (exact) mass is 452 g/mol. The SMILES string of the molecule is CCN(CC)S(=O)(=O)c1cc(C)c(C)c(NC(=O)c2cc(S(C)(=O)=O)ccc2C)c1. The van der Waals surface area contributed by atoms with Crippen LogP contribution < -0.4 is 5.32 Å². The number of anilines is 1. The molecule has 2 aromatic carbocycles. The van der Waals surface area contributed by atoms with Crippen molar-refractivity contribution in [3.8, 4) is 0 Å². The third-order valence-electron chi connectivity index (χ3n) is 5.11. The summed E-state index contributed by atoms with van der Waals surface area (Å²) >= 11 is 0. The third kappa shape index (κ3) is 4.91. The number of nitrogens with zero attached hydrogens (tertiary/aromatic N) is 1. The molecule has 0 aromatic heterocycles. The van der Waals surface area contributed by atoms with Crippen molar-refractivity contribution in [2.75, 3.05) is 24.7 Å². The normalized spacial score (nSPS) is 12.2. The van der Waals surface area contributed by atoms with Crippen molar-refractivity contribution in [2.45, 2.75) is 44.4 Å². The van der Waals surface area contributed by atoms with Gasteiger partial charge in [-0.3, -0.25) is 4.79 Å². The molecular weight excluding hydrogens is 424 g/mol. The molecule has 164 valence electrons. The molecule has 7 nitrogen and oxygen atoms in total. The van der Waals surface area contributed by atoms with Crippen LogP contribution in [0, 0.1) is 20.8 Å². The first-order valence-electron chi connectivity index (χ1n) is 9.56. The Balaban J connectivity index is 2.52. The van der Waals surface area contributed by atoms with Crippen molar-refractivity contribution in [2.24, 2.45) is 0 Å². The van der Waals surface area contributed by atoms with Gasteiger partial charge >= 0.3 is 0 Å². The minimum atomic E-state index is -3.69. The number of benzene rings is 2. The Morgan fingerprint density at radius 1 is 0.900 bits per heavy atom. The lowest BCUT2D eigenvalue weighted by atomic mass is 10.1. The Bertz CT molecular complexity index is 1180. The van der Waals surface area contributed by atoms with E-state index in [1.165, 1.54) is 22.5 Å². The lowest BCUT2D eigenvalue weighted by Crippen LogP contribution is -2.30. The average molecular weight is 453 g/mol. The topological polar surface area (TPSA) is 101 Å². The second-order valence-corrected chi connectivity index (χ2v) is 11.2. The molecule has 0 spiro atoms. The Labute approximate surface area is 179 Å². The van der Waals surface area contributed by atoms with Crippen LogP contribution in [0.3, 0.4) is 0 Å². The van der Waals surface area contributed by atoms with E-state index >= 15 is 0 Å². The van der Waals surface area contributed by atoms with Crippen molar-refractivity contribution < 1.29 is 21.6 Å². The van der Waals surface area contributed by atoms with Gasteiger partial charge in [-0.1, -0.05) is 19.9 Å². The molecule has 0 heterocycles. The Morgan fingerprint density at radius 3 is 2.03 bits per heavy atom. The Kier molecular flexibility index (Phi) is 7.11. The van der Waals surface area contributed by atoms with Gasteiger partial charge < -0.3 is 5.32 Å². The van der Waals surface area contributed by atoms with E-state index in [2.05, 4.69) is 5.32 Å². The zero-order valence-electron chi connectivity index (χ0n) is 18.1. The molecular formula is C21H28N2O5S2. The van der Waals surface area contributed by atoms with Crippen LogP contribution in [0.4, 0.5) is 5.69 Å². The zero-order valence-corrected chi connectivity index (χ0v) is 19.7. The van der Waals surface area contributed by atoms with E-state index in [-0.39, 0.29) is 15.4 Å². The van der Waals surface area contributed by atoms with E-state index in [0.717, 1.165) is 17.4 Å². The number of aryl methyl sites for hydroxylation is 2. The van der Waals surface area contributed by atoms with Crippen LogP contribution in [0.2, 0.25) is 0 Å². The van der Waals surface area contributed by atoms with E-state index < -0.39 is 25.8 Å². The maximum Gasteiger partial charge on any atom is 0.255 e. The number of sulfone groups is 1. The largest absolute Gasteiger partial charge is 0.322 e. The van der Waals surface area contributed by atoms with Crippen LogP contribution in [0.25, 0.3) is 0 Å². The molecule has 30 heavy (non-hydrogen) atoms. The number of carbonyl (C=O) groups excluding carboxylic acids is 1. The fraction of sp³-hybridized carbons (Fsp3) is 0.381. The molecule has 0 saturated heterocycles. The van der Waals surface area contributed by atoms with Crippen molar-refractivity contribution >= 4 is 31.5 Å². The van der Waals surface area contributed by atoms with E-state index in [1.54, 1.807) is 46.8 Å². The van der Waals surface area contributed by atoms with Gasteiger partial charge in [0, 0.05) is 30.6 Å². The van der Waals surface area contributed by atoms with Gasteiger partial charge in [-0.2, -0.15) is 4.31 Å². The smallest absolute Gasteiger partial charge is 0.255 e. The maximum absolute atomic E-state index is 12.9. The minimum absolute atomic E-state index is 0.0454. The molecule has 0 fully saturated rings. The molecule has 0 saturated carbocycles. The molecule has 0 aliphatic carbocycles. The Hall–Kier alpha value is -2.23. The predicted octanol–water partition coefficient (Wildman–Crippen LogP) is 3.30. The van der Waals surface area contributed by atoms with E-state index in [0.29, 0.717) is 24.3 Å². The van der Waals surface area contributed by atoms with Gasteiger partial charge in [0.1, 0.15) is 0 Å². The maximum atomic E-state index is 12.9. The van der Waals surface area contributed by atoms with Gasteiger partial charge in [0.25, 0.3) is 5.91 Å². The van der Waals surface area contributed by atoms with Crippen molar-refractivity contribution in [3.05, 3.63) is 52.6 Å². The lowest BCUT2D eigenvalue weighted by Gasteiger charge is -2.20. The molecule has 0 aliphatic rings. The minimum Gasteiger partial charge on any atom is -0.322 e. The first kappa shape index (κ1) is 24.0. The quantitative estimate of drug-likeness (QED) is 0.695. The number of nitrogens with one attached hydrogen (secondary N) is 1. The van der Waals surface area contributed by atoms with Crippen LogP contribution >= 0.6 is 0 Å². The number of amides is 1. The highest BCUT2D eigenvalue weighted by atomic mass is 32.2. The predicted molar refractivity (Wildman–Crippen MR) is 118 cm³/mol. The van der Waals surface area contributed by atoms with Crippen LogP contribution in [-0.4, -0.2) is 46.4 Å². The van der Waals surface area contributed by atoms with Crippen LogP contribution in [0.15, 0.2) is 40.1 Å². The highest BCUT2D eigenvalue weighted by Crippen LogP contribution is 2.27. The summed E-state index contributed by atoms with van der Waals surface area (Å²) in [6.45, 7) is 9.49. The molecule has 0 unspecified atom stereocenters. The molecule has 9 heteroatoms. The summed E-state index contributed by atoms with van der Waals surface area (Å²) in [4.78, 5) is 13.1. The van der Waals surface area contributed by atoms with Gasteiger partial charge in [0.2, 0.25) is 10.0 Å². The molecule has 2 rings (SSSR count). The molecule has 1 N–H and O–H groups in total. The summed E-state index contributed by atoms with van der Waals surface area (Å²) in [5, 5.41) is 2.76. The van der Waals surface area contributed by atoms with E-state index in [4.69, 9.17) is 0 Å². The van der Waals surface area contributed by atoms with Gasteiger partial charge in [-0.15, -0.1) is 0 Å². The van der Waals surface area contributed by atoms with Crippen LogP contribution in [0.1, 0.15) is 40.9 Å². The second kappa shape index (κ2) is 8.87. The molecule has 1 amide bonds. The number of carbonyl (C=O) groups is 1. The van der Waals surface area contributed by atoms with Crippen molar-refractivity contribution in [1.29, 1.82) is 0 Å². The van der Waals surface area contributed by atoms with Crippen molar-refractivity contribution in [3.63, 3.8) is 0 Å². The van der Waals surface area contributed by atoms with E-state index in [9.17, 15) is 21.6 Å². The Morgan fingerprint density at radius 2 is 1.50 bits per heavy atom. The van der Waals surface area contributed by atoms with Crippen LogP contribution in [0.5, 0.6) is 0 Å². The van der Waals surface area contributed by atoms with E-state index in [1.807, 2.05) is 0 Å². The first-order valence-corrected chi connectivity index (χ1v) is 12.9. The molecule has 0 bridgehead atoms. The molecule has 2 aromatic rings. The molecule has 0 radical (unpaired) electrons. The van der Waals surface area contributed by atoms with Gasteiger partial charge in [0.05, 0.1) is 9.79 Å². The van der Waals surface area contributed by atoms with Crippen molar-refractivity contribution in [1.82, 2.24) is 4.31 Å². The summed E-state index contributed by atoms with van der Waals surface area (Å²) in [7, 11) is -7.16. The summed E-state index contributed by atoms with van der Waals surface area (Å²) in [6, 6.07) is 7.40. The summed E-state index contributed by atoms with van der Waals surface area (Å²) < 4.78 is 50.9. The average Bonchev–Trinajstić information content (AvgIpc) is 2.65. The number of sulfonamides is 1. The standard InChI is InChI=1S/C21H28N2O5S2/c1-7-23(8-2)30(27,28)18-11-15(4)16(5)20(13-18)22-21(24)19-12-17(29(6,25)26)10-9-14(19)3/h9-13H,7-8H2,1-6H3,(H,22,24). The number of rotatable bonds is 7. The fourth-order valence-electron chi connectivity index (χ4n) is 3.08. The zero-order chi connectivity index (χ0) is 22.9. The summed E-state index contributed by atoms with van der Waals surface area (Å²) in [5.41, 5.74) is 2.65. The van der Waals surface area contributed by atoms with Gasteiger partial charge in [-0.05, 0) is 61.7 Å². The number of hydrogen-bond acceptors (Lipinski definition) is 5. The van der Waals surface area contributed by atoms with Gasteiger partial charge in [0.15, 0.2) is 9.84 Å². The number of hydrogen-bond donors (Lipinski definition) is 1. The summed E-state index contributed by atoms with van der Waals surface area (Å²) in [5.74, 6) is -0.502. The fourth-order valence-corrected chi connectivity index (χ4v) is 5.30. The van der Waals surface area contributed by atoms with Gasteiger partial charge in [-0.25, -0.2) is 16.8 Å². The highest BCUT2D eigenvalue weighted by Gasteiger charge is 2.24. The molecule has 0 aliphatic heterocycles. The lowest BCUT2D eigenvalue weighted by molar-refractivity contribution is 0.102. The van der Waals surface area contributed by atoms with Crippen LogP contribution in [-0.2, 0) is 19.9 Å². The second-order valence-electron chi connectivity index (χ2n) is 7.21.